The van der Waals surface area contributed by atoms with Crippen molar-refractivity contribution in [2.45, 2.75) is 34.6 Å². The summed E-state index contributed by atoms with van der Waals surface area (Å²) >= 11 is 1.32. The molecule has 0 aliphatic heterocycles. The van der Waals surface area contributed by atoms with Crippen molar-refractivity contribution >= 4 is 39.2 Å². The number of carbonyl (C=O) groups excluding carboxylic acids is 2. The molecule has 0 bridgehead atoms. The summed E-state index contributed by atoms with van der Waals surface area (Å²) in [5.74, 6) is 0.783. The second kappa shape index (κ2) is 8.24. The number of hydrogen-bond donors (Lipinski definition) is 1. The van der Waals surface area contributed by atoms with Gasteiger partial charge in [0.2, 0.25) is 0 Å². The Morgan fingerprint density at radius 3 is 2.44 bits per heavy atom. The number of thiophene rings is 1. The summed E-state index contributed by atoms with van der Waals surface area (Å²) in [6, 6.07) is 0. The molecule has 0 saturated carbocycles. The molecule has 2 heterocycles. The first-order valence-corrected chi connectivity index (χ1v) is 9.20. The molecule has 1 N–H and O–H groups in total. The maximum absolute atomic E-state index is 12.5. The Bertz CT molecular complexity index is 784. The Labute approximate surface area is 151 Å². The summed E-state index contributed by atoms with van der Waals surface area (Å²) in [6.45, 7) is 11.4. The first-order valence-electron chi connectivity index (χ1n) is 8.39. The number of carbonyl (C=O) groups is 2. The summed E-state index contributed by atoms with van der Waals surface area (Å²) < 4.78 is 4.83. The molecule has 0 fully saturated rings. The molecule has 0 unspecified atom stereocenters. The van der Waals surface area contributed by atoms with E-state index in [0.29, 0.717) is 17.3 Å². The molecule has 0 aliphatic carbocycles. The van der Waals surface area contributed by atoms with E-state index in [1.807, 2.05) is 13.8 Å². The topological polar surface area (TPSA) is 84.4 Å². The highest BCUT2D eigenvalue weighted by Gasteiger charge is 2.22. The van der Waals surface area contributed by atoms with Crippen LogP contribution in [-0.4, -0.2) is 48.1 Å². The lowest BCUT2D eigenvalue weighted by Gasteiger charge is -2.21. The van der Waals surface area contributed by atoms with Gasteiger partial charge >= 0.3 is 5.97 Å². The summed E-state index contributed by atoms with van der Waals surface area (Å²) in [5, 5.41) is 3.52. The first kappa shape index (κ1) is 19.1. The van der Waals surface area contributed by atoms with Crippen LogP contribution in [-0.2, 0) is 9.53 Å². The van der Waals surface area contributed by atoms with Crippen molar-refractivity contribution in [3.05, 3.63) is 16.3 Å². The predicted molar refractivity (Wildman–Crippen MR) is 99.4 cm³/mol. The van der Waals surface area contributed by atoms with Crippen LogP contribution in [0.15, 0.2) is 0 Å². The van der Waals surface area contributed by atoms with Crippen molar-refractivity contribution < 1.29 is 14.3 Å². The Morgan fingerprint density at radius 1 is 1.16 bits per heavy atom. The van der Waals surface area contributed by atoms with Gasteiger partial charge in [0, 0.05) is 13.1 Å². The van der Waals surface area contributed by atoms with Crippen molar-refractivity contribution in [3.8, 4) is 0 Å². The van der Waals surface area contributed by atoms with Gasteiger partial charge in [0.25, 0.3) is 5.91 Å². The summed E-state index contributed by atoms with van der Waals surface area (Å²) in [4.78, 5) is 36.5. The molecule has 0 saturated heterocycles. The second-order valence-corrected chi connectivity index (χ2v) is 6.49. The van der Waals surface area contributed by atoms with E-state index >= 15 is 0 Å². The fourth-order valence-corrected chi connectivity index (χ4v) is 3.77. The van der Waals surface area contributed by atoms with Gasteiger partial charge in [-0.15, -0.1) is 11.3 Å². The van der Waals surface area contributed by atoms with E-state index in [-0.39, 0.29) is 12.5 Å². The van der Waals surface area contributed by atoms with Gasteiger partial charge < -0.3 is 15.0 Å². The van der Waals surface area contributed by atoms with E-state index in [1.165, 1.54) is 11.3 Å². The normalized spacial score (nSPS) is 10.8. The van der Waals surface area contributed by atoms with Crippen LogP contribution in [0.25, 0.3) is 10.2 Å². The molecule has 0 spiro atoms. The van der Waals surface area contributed by atoms with E-state index in [9.17, 15) is 9.59 Å². The van der Waals surface area contributed by atoms with Gasteiger partial charge in [0.1, 0.15) is 23.0 Å². The number of ether oxygens (including phenoxy) is 1. The number of rotatable bonds is 7. The molecule has 136 valence electrons. The number of aromatic nitrogens is 2. The SMILES string of the molecule is CCOC(=O)CNC(=O)c1sc2nc(C)nc(N(CC)CC)c2c1C. The third-order valence-corrected chi connectivity index (χ3v) is 5.04. The Morgan fingerprint density at radius 2 is 1.84 bits per heavy atom. The molecule has 2 aromatic rings. The molecule has 0 aromatic carbocycles. The molecule has 0 aliphatic rings. The molecular formula is C17H24N4O3S. The number of nitrogens with zero attached hydrogens (tertiary/aromatic N) is 3. The highest BCUT2D eigenvalue weighted by Crippen LogP contribution is 2.35. The van der Waals surface area contributed by atoms with Crippen LogP contribution in [0, 0.1) is 13.8 Å². The van der Waals surface area contributed by atoms with Crippen LogP contribution in [0.2, 0.25) is 0 Å². The minimum atomic E-state index is -0.450. The number of hydrogen-bond acceptors (Lipinski definition) is 7. The lowest BCUT2D eigenvalue weighted by Crippen LogP contribution is -2.30. The van der Waals surface area contributed by atoms with E-state index < -0.39 is 5.97 Å². The Balaban J connectivity index is 2.40. The van der Waals surface area contributed by atoms with Gasteiger partial charge in [-0.2, -0.15) is 0 Å². The predicted octanol–water partition coefficient (Wildman–Crippen LogP) is 2.45. The third-order valence-electron chi connectivity index (χ3n) is 3.85. The number of fused-ring (bicyclic) bond motifs is 1. The summed E-state index contributed by atoms with van der Waals surface area (Å²) in [6.07, 6.45) is 0. The van der Waals surface area contributed by atoms with E-state index in [4.69, 9.17) is 4.74 Å². The van der Waals surface area contributed by atoms with E-state index in [0.717, 1.165) is 34.7 Å². The smallest absolute Gasteiger partial charge is 0.325 e. The minimum Gasteiger partial charge on any atom is -0.465 e. The van der Waals surface area contributed by atoms with E-state index in [1.54, 1.807) is 6.92 Å². The highest BCUT2D eigenvalue weighted by atomic mass is 32.1. The average Bonchev–Trinajstić information content (AvgIpc) is 2.90. The van der Waals surface area contributed by atoms with E-state index in [2.05, 4.69) is 34.0 Å². The van der Waals surface area contributed by atoms with Crippen molar-refractivity contribution in [2.75, 3.05) is 31.1 Å². The van der Waals surface area contributed by atoms with Crippen LogP contribution in [0.3, 0.4) is 0 Å². The molecular weight excluding hydrogens is 340 g/mol. The first-order chi connectivity index (χ1) is 11.9. The van der Waals surface area contributed by atoms with Crippen molar-refractivity contribution in [1.82, 2.24) is 15.3 Å². The molecule has 0 radical (unpaired) electrons. The second-order valence-electron chi connectivity index (χ2n) is 5.49. The number of aryl methyl sites for hydroxylation is 2. The molecule has 8 heteroatoms. The molecule has 2 aromatic heterocycles. The lowest BCUT2D eigenvalue weighted by molar-refractivity contribution is -0.141. The van der Waals surface area contributed by atoms with Crippen molar-refractivity contribution in [3.63, 3.8) is 0 Å². The van der Waals surface area contributed by atoms with Crippen LogP contribution < -0.4 is 10.2 Å². The molecule has 1 amide bonds. The van der Waals surface area contributed by atoms with Gasteiger partial charge in [-0.25, -0.2) is 9.97 Å². The van der Waals surface area contributed by atoms with Gasteiger partial charge in [0.05, 0.1) is 16.9 Å². The van der Waals surface area contributed by atoms with Gasteiger partial charge in [0.15, 0.2) is 0 Å². The number of anilines is 1. The standard InChI is InChI=1S/C17H24N4O3S/c1-6-21(7-2)15-13-10(4)14(25-17(13)20-11(5)19-15)16(23)18-9-12(22)24-8-3/h6-9H2,1-5H3,(H,18,23). The Kier molecular flexibility index (Phi) is 6.30. The van der Waals surface area contributed by atoms with Crippen molar-refractivity contribution in [2.24, 2.45) is 0 Å². The zero-order chi connectivity index (χ0) is 18.6. The third kappa shape index (κ3) is 4.07. The number of amides is 1. The largest absolute Gasteiger partial charge is 0.465 e. The number of nitrogens with one attached hydrogen (secondary N) is 1. The quantitative estimate of drug-likeness (QED) is 0.760. The van der Waals surface area contributed by atoms with Crippen LogP contribution in [0.5, 0.6) is 0 Å². The molecule has 2 rings (SSSR count). The van der Waals surface area contributed by atoms with Crippen LogP contribution in [0.4, 0.5) is 5.82 Å². The highest BCUT2D eigenvalue weighted by molar-refractivity contribution is 7.20. The Hall–Kier alpha value is -2.22. The molecule has 25 heavy (non-hydrogen) atoms. The zero-order valence-electron chi connectivity index (χ0n) is 15.3. The van der Waals surface area contributed by atoms with Crippen molar-refractivity contribution in [1.29, 1.82) is 0 Å². The fourth-order valence-electron chi connectivity index (χ4n) is 2.63. The maximum atomic E-state index is 12.5. The van der Waals surface area contributed by atoms with Crippen LogP contribution in [0.1, 0.15) is 41.8 Å². The lowest BCUT2D eigenvalue weighted by atomic mass is 10.2. The fraction of sp³-hybridized carbons (Fsp3) is 0.529. The summed E-state index contributed by atoms with van der Waals surface area (Å²) in [5.41, 5.74) is 0.836. The zero-order valence-corrected chi connectivity index (χ0v) is 16.1. The number of esters is 1. The van der Waals surface area contributed by atoms with Gasteiger partial charge in [-0.1, -0.05) is 0 Å². The summed E-state index contributed by atoms with van der Waals surface area (Å²) in [7, 11) is 0. The van der Waals surface area contributed by atoms with Gasteiger partial charge in [-0.05, 0) is 40.2 Å². The average molecular weight is 364 g/mol. The molecule has 0 atom stereocenters. The maximum Gasteiger partial charge on any atom is 0.325 e. The van der Waals surface area contributed by atoms with Gasteiger partial charge in [-0.3, -0.25) is 9.59 Å². The molecule has 7 nitrogen and oxygen atoms in total. The van der Waals surface area contributed by atoms with Crippen LogP contribution >= 0.6 is 11.3 Å². The monoisotopic (exact) mass is 364 g/mol. The minimum absolute atomic E-state index is 0.145.